The van der Waals surface area contributed by atoms with Crippen LogP contribution in [0.3, 0.4) is 0 Å². The molecule has 0 aromatic heterocycles. The molecule has 11 heteroatoms. The maximum Gasteiger partial charge on any atom is 0.316 e. The van der Waals surface area contributed by atoms with Gasteiger partial charge >= 0.3 is 11.9 Å². The molecule has 0 aliphatic heterocycles. The molecule has 0 aliphatic carbocycles. The Labute approximate surface area is 182 Å². The molecule has 0 aliphatic rings. The predicted molar refractivity (Wildman–Crippen MR) is 110 cm³/mol. The second kappa shape index (κ2) is 10.6. The van der Waals surface area contributed by atoms with Gasteiger partial charge in [-0.2, -0.15) is 0 Å². The number of Topliss-reactive ketones (excluding diaryl/α,β-unsaturated/α-hetero) is 2. The lowest BCUT2D eigenvalue weighted by atomic mass is 9.83. The number of ketones is 2. The quantitative estimate of drug-likeness (QED) is 0.151. The summed E-state index contributed by atoms with van der Waals surface area (Å²) in [6, 6.07) is 0. The van der Waals surface area contributed by atoms with Crippen molar-refractivity contribution >= 4 is 23.5 Å². The fraction of sp³-hybridized carbons (Fsp3) is 0.800. The first-order chi connectivity index (χ1) is 13.7. The summed E-state index contributed by atoms with van der Waals surface area (Å²) in [7, 11) is 10.2. The smallest absolute Gasteiger partial charge is 0.316 e. The van der Waals surface area contributed by atoms with E-state index in [9.17, 15) is 44.7 Å². The Hall–Kier alpha value is -1.92. The van der Waals surface area contributed by atoms with E-state index in [-0.39, 0.29) is 22.1 Å². The molecular formula is C20H38N2O9+2. The van der Waals surface area contributed by atoms with Gasteiger partial charge < -0.3 is 34.5 Å². The van der Waals surface area contributed by atoms with Crippen LogP contribution in [-0.2, 0) is 19.2 Å². The van der Waals surface area contributed by atoms with Gasteiger partial charge in [0.2, 0.25) is 0 Å². The highest BCUT2D eigenvalue weighted by molar-refractivity contribution is 6.01. The highest BCUT2D eigenvalue weighted by Crippen LogP contribution is 2.24. The van der Waals surface area contributed by atoms with Crippen LogP contribution in [0.5, 0.6) is 0 Å². The number of carboxylic acid groups (broad SMARTS) is 2. The zero-order valence-electron chi connectivity index (χ0n) is 19.4. The Morgan fingerprint density at radius 1 is 0.710 bits per heavy atom. The van der Waals surface area contributed by atoms with Crippen LogP contribution < -0.4 is 0 Å². The van der Waals surface area contributed by atoms with E-state index in [0.29, 0.717) is 0 Å². The van der Waals surface area contributed by atoms with E-state index in [0.717, 1.165) is 6.92 Å². The van der Waals surface area contributed by atoms with Crippen LogP contribution in [0.15, 0.2) is 0 Å². The monoisotopic (exact) mass is 450 g/mol. The SMILES string of the molecule is CC(O)(CC(=O)C(C(=O)O)C(O)C[N+](C)(C)C)CC(=O)C(C(=O)O)C(O)C[N+](C)(C)C. The topological polar surface area (TPSA) is 169 Å². The summed E-state index contributed by atoms with van der Waals surface area (Å²) >= 11 is 0. The number of likely N-dealkylation sites (N-methyl/N-ethyl adjacent to an activating group) is 2. The van der Waals surface area contributed by atoms with Crippen LogP contribution in [-0.4, -0.2) is 131 Å². The molecule has 0 bridgehead atoms. The van der Waals surface area contributed by atoms with Crippen molar-refractivity contribution in [3.8, 4) is 0 Å². The third-order valence-corrected chi connectivity index (χ3v) is 4.58. The molecule has 180 valence electrons. The summed E-state index contributed by atoms with van der Waals surface area (Å²) in [5.74, 6) is -8.70. The minimum Gasteiger partial charge on any atom is -0.481 e. The Morgan fingerprint density at radius 3 is 1.16 bits per heavy atom. The Morgan fingerprint density at radius 2 is 0.968 bits per heavy atom. The average Bonchev–Trinajstić information content (AvgIpc) is 2.39. The van der Waals surface area contributed by atoms with Gasteiger partial charge in [-0.15, -0.1) is 0 Å². The van der Waals surface area contributed by atoms with Gasteiger partial charge in [0.1, 0.15) is 37.1 Å². The minimum absolute atomic E-state index is 0.0396. The summed E-state index contributed by atoms with van der Waals surface area (Å²) in [6.45, 7) is 1.03. The Bertz CT molecular complexity index is 621. The fourth-order valence-electron chi connectivity index (χ4n) is 3.40. The number of quaternary nitrogens is 2. The van der Waals surface area contributed by atoms with Crippen LogP contribution >= 0.6 is 0 Å². The van der Waals surface area contributed by atoms with Gasteiger partial charge in [0.25, 0.3) is 0 Å². The minimum atomic E-state index is -2.05. The van der Waals surface area contributed by atoms with E-state index < -0.39 is 66.0 Å². The molecule has 0 amide bonds. The molecule has 0 spiro atoms. The molecule has 4 atom stereocenters. The number of carboxylic acids is 2. The first-order valence-corrected chi connectivity index (χ1v) is 9.87. The number of hydrogen-bond donors (Lipinski definition) is 5. The zero-order valence-corrected chi connectivity index (χ0v) is 19.4. The van der Waals surface area contributed by atoms with Crippen molar-refractivity contribution in [3.63, 3.8) is 0 Å². The molecule has 0 saturated carbocycles. The van der Waals surface area contributed by atoms with Crippen molar-refractivity contribution in [1.82, 2.24) is 0 Å². The Kier molecular flexibility index (Phi) is 9.94. The number of aliphatic hydroxyl groups is 3. The number of carbonyl (C=O) groups is 4. The number of rotatable bonds is 14. The molecule has 0 aromatic carbocycles. The molecule has 5 N–H and O–H groups in total. The van der Waals surface area contributed by atoms with Gasteiger partial charge in [0.05, 0.1) is 47.9 Å². The molecule has 4 unspecified atom stereocenters. The van der Waals surface area contributed by atoms with E-state index in [2.05, 4.69) is 0 Å². The van der Waals surface area contributed by atoms with Crippen LogP contribution in [0.25, 0.3) is 0 Å². The maximum absolute atomic E-state index is 12.5. The van der Waals surface area contributed by atoms with Crippen molar-refractivity contribution in [3.05, 3.63) is 0 Å². The van der Waals surface area contributed by atoms with E-state index >= 15 is 0 Å². The van der Waals surface area contributed by atoms with Crippen molar-refractivity contribution in [2.45, 2.75) is 37.6 Å². The molecule has 0 aromatic rings. The number of aliphatic hydroxyl groups excluding tert-OH is 2. The summed E-state index contributed by atoms with van der Waals surface area (Å²) < 4.78 is 0.384. The third kappa shape index (κ3) is 10.8. The van der Waals surface area contributed by atoms with Crippen LogP contribution in [0.4, 0.5) is 0 Å². The van der Waals surface area contributed by atoms with Gasteiger partial charge in [0.15, 0.2) is 11.6 Å². The van der Waals surface area contributed by atoms with E-state index in [1.807, 2.05) is 0 Å². The van der Waals surface area contributed by atoms with E-state index in [1.165, 1.54) is 0 Å². The van der Waals surface area contributed by atoms with Crippen LogP contribution in [0.2, 0.25) is 0 Å². The lowest BCUT2D eigenvalue weighted by molar-refractivity contribution is -0.873. The second-order valence-corrected chi connectivity index (χ2v) is 10.5. The number of hydrogen-bond acceptors (Lipinski definition) is 7. The lowest BCUT2D eigenvalue weighted by Crippen LogP contribution is -2.50. The van der Waals surface area contributed by atoms with E-state index in [1.54, 1.807) is 42.3 Å². The largest absolute Gasteiger partial charge is 0.481 e. The van der Waals surface area contributed by atoms with Crippen molar-refractivity contribution in [2.24, 2.45) is 11.8 Å². The molecular weight excluding hydrogens is 412 g/mol. The number of carbonyl (C=O) groups excluding carboxylic acids is 2. The van der Waals surface area contributed by atoms with Crippen molar-refractivity contribution in [1.29, 1.82) is 0 Å². The highest BCUT2D eigenvalue weighted by Gasteiger charge is 2.43. The zero-order chi connectivity index (χ0) is 24.9. The fourth-order valence-corrected chi connectivity index (χ4v) is 3.40. The molecule has 0 fully saturated rings. The average molecular weight is 451 g/mol. The normalized spacial score (nSPS) is 18.4. The molecule has 0 heterocycles. The maximum atomic E-state index is 12.5. The van der Waals surface area contributed by atoms with Gasteiger partial charge in [-0.3, -0.25) is 19.2 Å². The predicted octanol–water partition coefficient (Wildman–Crippen LogP) is -1.81. The van der Waals surface area contributed by atoms with Gasteiger partial charge in [-0.25, -0.2) is 0 Å². The molecule has 0 rings (SSSR count). The van der Waals surface area contributed by atoms with Gasteiger partial charge in [-0.1, -0.05) is 0 Å². The third-order valence-electron chi connectivity index (χ3n) is 4.58. The summed E-state index contributed by atoms with van der Waals surface area (Å²) in [5, 5.41) is 49.8. The molecule has 11 nitrogen and oxygen atoms in total. The lowest BCUT2D eigenvalue weighted by Gasteiger charge is -2.31. The first-order valence-electron chi connectivity index (χ1n) is 9.87. The summed E-state index contributed by atoms with van der Waals surface area (Å²) in [6.07, 6.45) is -4.59. The second-order valence-electron chi connectivity index (χ2n) is 10.5. The number of aliphatic carboxylic acids is 2. The summed E-state index contributed by atoms with van der Waals surface area (Å²) in [4.78, 5) is 48.2. The highest BCUT2D eigenvalue weighted by atomic mass is 16.4. The molecule has 0 saturated heterocycles. The van der Waals surface area contributed by atoms with Gasteiger partial charge in [0, 0.05) is 12.8 Å². The molecule has 0 radical (unpaired) electrons. The summed E-state index contributed by atoms with van der Waals surface area (Å²) in [5.41, 5.74) is -2.05. The van der Waals surface area contributed by atoms with E-state index in [4.69, 9.17) is 0 Å². The Balaban J connectivity index is 5.44. The van der Waals surface area contributed by atoms with Crippen LogP contribution in [0, 0.1) is 11.8 Å². The molecule has 31 heavy (non-hydrogen) atoms. The first kappa shape index (κ1) is 29.1. The van der Waals surface area contributed by atoms with Crippen molar-refractivity contribution < 1.29 is 53.7 Å². The van der Waals surface area contributed by atoms with Crippen molar-refractivity contribution in [2.75, 3.05) is 55.4 Å². The van der Waals surface area contributed by atoms with Crippen LogP contribution in [0.1, 0.15) is 19.8 Å². The van der Waals surface area contributed by atoms with Gasteiger partial charge in [-0.05, 0) is 6.92 Å². The number of nitrogens with zero attached hydrogens (tertiary/aromatic N) is 2. The standard InChI is InChI=1S/C20H36N2O9/c1-20(31,8-12(23)16(18(27)28)14(25)10-21(2,3)4)9-13(24)17(19(29)30)15(26)11-22(5,6)7/h14-17,25-26,31H,8-11H2,1-7H3/p+2.